The zero-order chi connectivity index (χ0) is 17.2. The Hall–Kier alpha value is -2.89. The molecule has 0 bridgehead atoms. The third kappa shape index (κ3) is 3.07. The van der Waals surface area contributed by atoms with Gasteiger partial charge in [-0.1, -0.05) is 6.07 Å². The Morgan fingerprint density at radius 1 is 1.04 bits per heavy atom. The van der Waals surface area contributed by atoms with Gasteiger partial charge in [0.25, 0.3) is 0 Å². The van der Waals surface area contributed by atoms with E-state index in [1.807, 2.05) is 0 Å². The minimum atomic E-state index is -0.627. The van der Waals surface area contributed by atoms with Crippen LogP contribution >= 0.6 is 0 Å². The van der Waals surface area contributed by atoms with Gasteiger partial charge in [-0.2, -0.15) is 0 Å². The number of aryl methyl sites for hydroxylation is 1. The summed E-state index contributed by atoms with van der Waals surface area (Å²) >= 11 is 0. The Balaban J connectivity index is 1.67. The number of hydrogen-bond acceptors (Lipinski definition) is 4. The summed E-state index contributed by atoms with van der Waals surface area (Å²) in [6, 6.07) is 5.55. The van der Waals surface area contributed by atoms with E-state index in [1.165, 1.54) is 30.1 Å². The van der Waals surface area contributed by atoms with E-state index in [9.17, 15) is 8.78 Å². The molecule has 3 aromatic rings. The standard InChI is InChI=1S/C19H15F2N3O/c20-16-4-2-5-17(21)15(16)10-25-19-7-14(12-8-22-11-23-9-12)13-3-1-6-18(13)24-19/h2,4-5,7-9,11H,1,3,6,10H2. The number of halogens is 2. The van der Waals surface area contributed by atoms with Gasteiger partial charge in [0.05, 0.1) is 5.56 Å². The smallest absolute Gasteiger partial charge is 0.214 e. The van der Waals surface area contributed by atoms with Crippen LogP contribution in [0.5, 0.6) is 5.88 Å². The second kappa shape index (κ2) is 6.55. The number of aromatic nitrogens is 3. The number of ether oxygens (including phenoxy) is 1. The summed E-state index contributed by atoms with van der Waals surface area (Å²) in [6.07, 6.45) is 7.77. The van der Waals surface area contributed by atoms with E-state index in [0.717, 1.165) is 36.1 Å². The fraction of sp³-hybridized carbons (Fsp3) is 0.211. The molecule has 0 saturated heterocycles. The Morgan fingerprint density at radius 2 is 1.80 bits per heavy atom. The van der Waals surface area contributed by atoms with Gasteiger partial charge in [0, 0.05) is 29.7 Å². The van der Waals surface area contributed by atoms with Crippen LogP contribution in [-0.2, 0) is 19.4 Å². The molecule has 6 heteroatoms. The Morgan fingerprint density at radius 3 is 2.56 bits per heavy atom. The SMILES string of the molecule is Fc1cccc(F)c1COc1cc(-c2cncnc2)c2c(n1)CCC2. The monoisotopic (exact) mass is 339 g/mol. The molecule has 0 spiro atoms. The molecule has 0 aliphatic heterocycles. The Bertz CT molecular complexity index is 896. The van der Waals surface area contributed by atoms with Crippen LogP contribution in [0.3, 0.4) is 0 Å². The van der Waals surface area contributed by atoms with E-state index in [2.05, 4.69) is 15.0 Å². The van der Waals surface area contributed by atoms with Crippen molar-refractivity contribution in [2.75, 3.05) is 0 Å². The van der Waals surface area contributed by atoms with Crippen molar-refractivity contribution in [2.24, 2.45) is 0 Å². The molecule has 0 atom stereocenters. The minimum Gasteiger partial charge on any atom is -0.473 e. The highest BCUT2D eigenvalue weighted by Crippen LogP contribution is 2.33. The van der Waals surface area contributed by atoms with Crippen LogP contribution in [0.15, 0.2) is 43.0 Å². The van der Waals surface area contributed by atoms with Gasteiger partial charge in [0.15, 0.2) is 0 Å². The molecule has 0 unspecified atom stereocenters. The molecule has 4 rings (SSSR count). The highest BCUT2D eigenvalue weighted by Gasteiger charge is 2.20. The van der Waals surface area contributed by atoms with Crippen LogP contribution in [0.1, 0.15) is 23.2 Å². The summed E-state index contributed by atoms with van der Waals surface area (Å²) in [7, 11) is 0. The van der Waals surface area contributed by atoms with Crippen molar-refractivity contribution in [3.8, 4) is 17.0 Å². The topological polar surface area (TPSA) is 47.9 Å². The molecule has 0 amide bonds. The zero-order valence-corrected chi connectivity index (χ0v) is 13.4. The van der Waals surface area contributed by atoms with Gasteiger partial charge < -0.3 is 4.74 Å². The van der Waals surface area contributed by atoms with Crippen molar-refractivity contribution >= 4 is 0 Å². The average molecular weight is 339 g/mol. The summed E-state index contributed by atoms with van der Waals surface area (Å²) < 4.78 is 33.1. The lowest BCUT2D eigenvalue weighted by Gasteiger charge is -2.12. The molecule has 1 aliphatic carbocycles. The maximum Gasteiger partial charge on any atom is 0.214 e. The lowest BCUT2D eigenvalue weighted by molar-refractivity contribution is 0.281. The Labute approximate surface area is 143 Å². The van der Waals surface area contributed by atoms with Gasteiger partial charge in [0.2, 0.25) is 5.88 Å². The van der Waals surface area contributed by atoms with E-state index in [0.29, 0.717) is 5.88 Å². The van der Waals surface area contributed by atoms with Crippen molar-refractivity contribution in [1.29, 1.82) is 0 Å². The van der Waals surface area contributed by atoms with Gasteiger partial charge in [-0.15, -0.1) is 0 Å². The van der Waals surface area contributed by atoms with E-state index >= 15 is 0 Å². The molecule has 0 radical (unpaired) electrons. The fourth-order valence-electron chi connectivity index (χ4n) is 3.10. The molecular weight excluding hydrogens is 324 g/mol. The second-order valence-corrected chi connectivity index (χ2v) is 5.90. The van der Waals surface area contributed by atoms with Crippen LogP contribution < -0.4 is 4.74 Å². The number of fused-ring (bicyclic) bond motifs is 1. The average Bonchev–Trinajstić information content (AvgIpc) is 3.10. The first-order valence-corrected chi connectivity index (χ1v) is 8.06. The predicted octanol–water partition coefficient (Wildman–Crippen LogP) is 3.88. The molecule has 0 N–H and O–H groups in total. The van der Waals surface area contributed by atoms with Crippen molar-refractivity contribution in [2.45, 2.75) is 25.9 Å². The maximum absolute atomic E-state index is 13.8. The molecule has 0 fully saturated rings. The zero-order valence-electron chi connectivity index (χ0n) is 13.4. The lowest BCUT2D eigenvalue weighted by atomic mass is 10.0. The quantitative estimate of drug-likeness (QED) is 0.724. The summed E-state index contributed by atoms with van der Waals surface area (Å²) in [5.74, 6) is -0.905. The van der Waals surface area contributed by atoms with Gasteiger partial charge >= 0.3 is 0 Å². The van der Waals surface area contributed by atoms with E-state index in [-0.39, 0.29) is 12.2 Å². The third-order valence-corrected chi connectivity index (χ3v) is 4.32. The highest BCUT2D eigenvalue weighted by atomic mass is 19.1. The van der Waals surface area contributed by atoms with Gasteiger partial charge in [-0.25, -0.2) is 23.7 Å². The summed E-state index contributed by atoms with van der Waals surface area (Å²) in [5, 5.41) is 0. The van der Waals surface area contributed by atoms with Crippen molar-refractivity contribution in [3.05, 3.63) is 71.4 Å². The van der Waals surface area contributed by atoms with E-state index < -0.39 is 11.6 Å². The van der Waals surface area contributed by atoms with Crippen LogP contribution in [0, 0.1) is 11.6 Å². The first-order chi connectivity index (χ1) is 12.2. The third-order valence-electron chi connectivity index (χ3n) is 4.32. The number of benzene rings is 1. The molecule has 4 nitrogen and oxygen atoms in total. The number of rotatable bonds is 4. The fourth-order valence-corrected chi connectivity index (χ4v) is 3.10. The second-order valence-electron chi connectivity index (χ2n) is 5.90. The maximum atomic E-state index is 13.8. The summed E-state index contributed by atoms with van der Waals surface area (Å²) in [5.41, 5.74) is 3.87. The molecule has 1 aliphatic rings. The number of hydrogen-bond donors (Lipinski definition) is 0. The number of nitrogens with zero attached hydrogens (tertiary/aromatic N) is 3. The largest absolute Gasteiger partial charge is 0.473 e. The molecular formula is C19H15F2N3O. The van der Waals surface area contributed by atoms with E-state index in [1.54, 1.807) is 18.5 Å². The van der Waals surface area contributed by atoms with Crippen LogP contribution in [0.2, 0.25) is 0 Å². The first kappa shape index (κ1) is 15.6. The molecule has 2 heterocycles. The molecule has 126 valence electrons. The minimum absolute atomic E-state index is 0.102. The Kier molecular flexibility index (Phi) is 4.09. The van der Waals surface area contributed by atoms with Crippen LogP contribution in [0.4, 0.5) is 8.78 Å². The normalized spacial score (nSPS) is 12.9. The summed E-state index contributed by atoms with van der Waals surface area (Å²) in [6.45, 7) is -0.213. The van der Waals surface area contributed by atoms with Gasteiger partial charge in [-0.05, 0) is 42.5 Å². The molecule has 25 heavy (non-hydrogen) atoms. The molecule has 1 aromatic carbocycles. The van der Waals surface area contributed by atoms with Gasteiger partial charge in [0.1, 0.15) is 24.6 Å². The lowest BCUT2D eigenvalue weighted by Crippen LogP contribution is -2.04. The van der Waals surface area contributed by atoms with Gasteiger partial charge in [-0.3, -0.25) is 0 Å². The highest BCUT2D eigenvalue weighted by molar-refractivity contribution is 5.68. The molecule has 0 saturated carbocycles. The van der Waals surface area contributed by atoms with E-state index in [4.69, 9.17) is 4.74 Å². The summed E-state index contributed by atoms with van der Waals surface area (Å²) in [4.78, 5) is 12.6. The first-order valence-electron chi connectivity index (χ1n) is 8.06. The molecule has 2 aromatic heterocycles. The predicted molar refractivity (Wildman–Crippen MR) is 88.0 cm³/mol. The number of pyridine rings is 1. The van der Waals surface area contributed by atoms with Crippen LogP contribution in [-0.4, -0.2) is 15.0 Å². The van der Waals surface area contributed by atoms with Crippen molar-refractivity contribution in [3.63, 3.8) is 0 Å². The van der Waals surface area contributed by atoms with Crippen molar-refractivity contribution < 1.29 is 13.5 Å². The van der Waals surface area contributed by atoms with Crippen LogP contribution in [0.25, 0.3) is 11.1 Å². The van der Waals surface area contributed by atoms with Crippen molar-refractivity contribution in [1.82, 2.24) is 15.0 Å².